The van der Waals surface area contributed by atoms with Crippen LogP contribution in [0.3, 0.4) is 0 Å². The molecule has 2 aromatic rings. The Morgan fingerprint density at radius 3 is 2.21 bits per heavy atom. The molecule has 1 aliphatic heterocycles. The number of ether oxygens (including phenoxy) is 1. The van der Waals surface area contributed by atoms with Gasteiger partial charge in [-0.2, -0.15) is 0 Å². The van der Waals surface area contributed by atoms with E-state index in [-0.39, 0.29) is 11.8 Å². The molecule has 5 heteroatoms. The van der Waals surface area contributed by atoms with Gasteiger partial charge in [0, 0.05) is 25.9 Å². The average Bonchev–Trinajstić information content (AvgIpc) is 2.86. The normalized spacial score (nSPS) is 14.2. The molecule has 1 aliphatic rings. The minimum Gasteiger partial charge on any atom is -0.385 e. The quantitative estimate of drug-likeness (QED) is 0.568. The fraction of sp³-hybridized carbons (Fsp3) is 0.333. The largest absolute Gasteiger partial charge is 0.385 e. The summed E-state index contributed by atoms with van der Waals surface area (Å²) in [5, 5.41) is 3.25. The third-order valence-corrected chi connectivity index (χ3v) is 5.04. The van der Waals surface area contributed by atoms with E-state index in [4.69, 9.17) is 4.74 Å². The van der Waals surface area contributed by atoms with E-state index in [2.05, 4.69) is 11.4 Å². The van der Waals surface area contributed by atoms with Gasteiger partial charge in [-0.3, -0.25) is 14.5 Å². The number of amides is 2. The maximum absolute atomic E-state index is 13.2. The standard InChI is InChI=1S/C24H28N2O3/c1-15-7-8-20(18(4)12-15)21-22(25-19-13-16(2)11-17(3)14-19)24(28)26(23(21)27)9-6-10-29-5/h7-8,11-14,25H,6,9-10H2,1-5H3. The number of hydrogen-bond acceptors (Lipinski definition) is 4. The average molecular weight is 392 g/mol. The lowest BCUT2D eigenvalue weighted by atomic mass is 9.97. The molecule has 0 saturated carbocycles. The number of nitrogens with one attached hydrogen (secondary N) is 1. The van der Waals surface area contributed by atoms with Crippen LogP contribution in [0.1, 0.15) is 34.2 Å². The van der Waals surface area contributed by atoms with Crippen LogP contribution in [0.2, 0.25) is 0 Å². The number of imide groups is 1. The molecule has 1 N–H and O–H groups in total. The van der Waals surface area contributed by atoms with Gasteiger partial charge in [-0.25, -0.2) is 0 Å². The number of anilines is 1. The minimum atomic E-state index is -0.291. The van der Waals surface area contributed by atoms with Gasteiger partial charge in [0.1, 0.15) is 5.70 Å². The van der Waals surface area contributed by atoms with Crippen molar-refractivity contribution in [3.05, 3.63) is 69.9 Å². The van der Waals surface area contributed by atoms with Crippen molar-refractivity contribution < 1.29 is 14.3 Å². The third-order valence-electron chi connectivity index (χ3n) is 5.04. The summed E-state index contributed by atoms with van der Waals surface area (Å²) in [5.41, 5.74) is 6.64. The second-order valence-corrected chi connectivity index (χ2v) is 7.68. The summed E-state index contributed by atoms with van der Waals surface area (Å²) in [4.78, 5) is 27.8. The Morgan fingerprint density at radius 2 is 1.59 bits per heavy atom. The maximum Gasteiger partial charge on any atom is 0.278 e. The summed E-state index contributed by atoms with van der Waals surface area (Å²) < 4.78 is 5.09. The first-order valence-electron chi connectivity index (χ1n) is 9.84. The predicted octanol–water partition coefficient (Wildman–Crippen LogP) is 4.15. The van der Waals surface area contributed by atoms with Gasteiger partial charge in [0.25, 0.3) is 11.8 Å². The first kappa shape index (κ1) is 20.8. The number of benzene rings is 2. The van der Waals surface area contributed by atoms with Crippen molar-refractivity contribution in [1.82, 2.24) is 4.90 Å². The molecule has 29 heavy (non-hydrogen) atoms. The number of nitrogens with zero attached hydrogens (tertiary/aromatic N) is 1. The third kappa shape index (κ3) is 4.40. The molecule has 0 unspecified atom stereocenters. The van der Waals surface area contributed by atoms with E-state index in [9.17, 15) is 9.59 Å². The molecule has 0 saturated heterocycles. The molecule has 2 amide bonds. The van der Waals surface area contributed by atoms with Gasteiger partial charge >= 0.3 is 0 Å². The van der Waals surface area contributed by atoms with E-state index in [1.165, 1.54) is 4.90 Å². The zero-order valence-electron chi connectivity index (χ0n) is 17.8. The molecule has 3 rings (SSSR count). The van der Waals surface area contributed by atoms with Crippen LogP contribution in [0.4, 0.5) is 5.69 Å². The van der Waals surface area contributed by atoms with Crippen molar-refractivity contribution in [2.75, 3.05) is 25.6 Å². The fourth-order valence-electron chi connectivity index (χ4n) is 3.80. The van der Waals surface area contributed by atoms with E-state index in [1.807, 2.05) is 58.0 Å². The summed E-state index contributed by atoms with van der Waals surface area (Å²) in [6.45, 7) is 8.83. The van der Waals surface area contributed by atoms with Crippen LogP contribution in [0.5, 0.6) is 0 Å². The lowest BCUT2D eigenvalue weighted by molar-refractivity contribution is -0.137. The number of carbonyl (C=O) groups excluding carboxylic acids is 2. The summed E-state index contributed by atoms with van der Waals surface area (Å²) >= 11 is 0. The second-order valence-electron chi connectivity index (χ2n) is 7.68. The van der Waals surface area contributed by atoms with E-state index in [1.54, 1.807) is 7.11 Å². The van der Waals surface area contributed by atoms with Crippen LogP contribution in [0.15, 0.2) is 42.1 Å². The van der Waals surface area contributed by atoms with Crippen molar-refractivity contribution >= 4 is 23.1 Å². The molecular formula is C24H28N2O3. The van der Waals surface area contributed by atoms with Crippen LogP contribution in [-0.4, -0.2) is 37.0 Å². The number of methoxy groups -OCH3 is 1. The summed E-state index contributed by atoms with van der Waals surface area (Å²) in [6.07, 6.45) is 0.602. The van der Waals surface area contributed by atoms with Gasteiger partial charge in [0.2, 0.25) is 0 Å². The van der Waals surface area contributed by atoms with Crippen LogP contribution in [-0.2, 0) is 14.3 Å². The Kier molecular flexibility index (Phi) is 6.18. The molecule has 0 aromatic heterocycles. The predicted molar refractivity (Wildman–Crippen MR) is 116 cm³/mol. The Morgan fingerprint density at radius 1 is 0.897 bits per heavy atom. The zero-order chi connectivity index (χ0) is 21.1. The van der Waals surface area contributed by atoms with Gasteiger partial charge in [-0.1, -0.05) is 29.8 Å². The Bertz CT molecular complexity index is 971. The first-order chi connectivity index (χ1) is 13.8. The molecule has 0 atom stereocenters. The van der Waals surface area contributed by atoms with E-state index < -0.39 is 0 Å². The van der Waals surface area contributed by atoms with E-state index in [0.717, 1.165) is 33.5 Å². The number of hydrogen-bond donors (Lipinski definition) is 1. The molecule has 5 nitrogen and oxygen atoms in total. The highest BCUT2D eigenvalue weighted by Crippen LogP contribution is 2.33. The molecule has 0 spiro atoms. The minimum absolute atomic E-state index is 0.259. The highest BCUT2D eigenvalue weighted by atomic mass is 16.5. The molecule has 1 heterocycles. The van der Waals surface area contributed by atoms with E-state index >= 15 is 0 Å². The highest BCUT2D eigenvalue weighted by molar-refractivity contribution is 6.36. The van der Waals surface area contributed by atoms with Gasteiger partial charge in [-0.05, 0) is 68.5 Å². The van der Waals surface area contributed by atoms with Crippen molar-refractivity contribution in [3.8, 4) is 0 Å². The monoisotopic (exact) mass is 392 g/mol. The zero-order valence-corrected chi connectivity index (χ0v) is 17.8. The van der Waals surface area contributed by atoms with Gasteiger partial charge < -0.3 is 10.1 Å². The van der Waals surface area contributed by atoms with Gasteiger partial charge in [0.15, 0.2) is 0 Å². The lowest BCUT2D eigenvalue weighted by Gasteiger charge is -2.15. The maximum atomic E-state index is 13.2. The summed E-state index contributed by atoms with van der Waals surface area (Å²) in [6, 6.07) is 11.9. The Balaban J connectivity index is 2.06. The van der Waals surface area contributed by atoms with Crippen molar-refractivity contribution in [2.45, 2.75) is 34.1 Å². The Hall–Kier alpha value is -2.92. The van der Waals surface area contributed by atoms with Crippen molar-refractivity contribution in [3.63, 3.8) is 0 Å². The van der Waals surface area contributed by atoms with Gasteiger partial charge in [-0.15, -0.1) is 0 Å². The number of carbonyl (C=O) groups is 2. The SMILES string of the molecule is COCCCN1C(=O)C(Nc2cc(C)cc(C)c2)=C(c2ccc(C)cc2C)C1=O. The van der Waals surface area contributed by atoms with Gasteiger partial charge in [0.05, 0.1) is 5.57 Å². The van der Waals surface area contributed by atoms with Crippen LogP contribution < -0.4 is 5.32 Å². The van der Waals surface area contributed by atoms with E-state index in [0.29, 0.717) is 30.8 Å². The van der Waals surface area contributed by atoms with Crippen LogP contribution >= 0.6 is 0 Å². The van der Waals surface area contributed by atoms with Crippen LogP contribution in [0.25, 0.3) is 5.57 Å². The molecule has 0 bridgehead atoms. The van der Waals surface area contributed by atoms with Crippen molar-refractivity contribution in [1.29, 1.82) is 0 Å². The summed E-state index contributed by atoms with van der Waals surface area (Å²) in [5.74, 6) is -0.551. The number of rotatable bonds is 7. The molecule has 152 valence electrons. The fourth-order valence-corrected chi connectivity index (χ4v) is 3.80. The second kappa shape index (κ2) is 8.62. The van der Waals surface area contributed by atoms with Crippen molar-refractivity contribution in [2.24, 2.45) is 0 Å². The summed E-state index contributed by atoms with van der Waals surface area (Å²) in [7, 11) is 1.61. The first-order valence-corrected chi connectivity index (χ1v) is 9.84. The molecular weight excluding hydrogens is 364 g/mol. The molecule has 0 aliphatic carbocycles. The Labute approximate surface area is 172 Å². The molecule has 0 radical (unpaired) electrons. The highest BCUT2D eigenvalue weighted by Gasteiger charge is 2.39. The van der Waals surface area contributed by atoms with Crippen LogP contribution in [0, 0.1) is 27.7 Å². The number of aryl methyl sites for hydroxylation is 4. The molecule has 2 aromatic carbocycles. The topological polar surface area (TPSA) is 58.6 Å². The smallest absolute Gasteiger partial charge is 0.278 e. The molecule has 0 fully saturated rings. The lowest BCUT2D eigenvalue weighted by Crippen LogP contribution is -2.34.